The standard InChI is InChI=1S/C14H16BrN3O2S2/c1-13(2)11(16)18-14(3,7-22(13,19)20)12-17-9-5-4-8(15)6-10(9)21-12/h4-6H,7H2,1-3H3,(H2,16,18)/t14-/m0/s1. The number of aromatic nitrogens is 1. The van der Waals surface area contributed by atoms with E-state index in [0.717, 1.165) is 14.7 Å². The molecular formula is C14H16BrN3O2S2. The third kappa shape index (κ3) is 2.28. The minimum absolute atomic E-state index is 0.0886. The molecule has 1 atom stereocenters. The number of aliphatic imine (C=N–C) groups is 1. The summed E-state index contributed by atoms with van der Waals surface area (Å²) in [6.07, 6.45) is 0. The Labute approximate surface area is 141 Å². The maximum Gasteiger partial charge on any atom is 0.165 e. The first-order valence-corrected chi connectivity index (χ1v) is 9.96. The molecule has 0 saturated carbocycles. The molecule has 1 aliphatic rings. The van der Waals surface area contributed by atoms with Gasteiger partial charge in [-0.05, 0) is 39.0 Å². The van der Waals surface area contributed by atoms with E-state index in [1.54, 1.807) is 20.8 Å². The van der Waals surface area contributed by atoms with Gasteiger partial charge in [-0.15, -0.1) is 11.3 Å². The van der Waals surface area contributed by atoms with Crippen LogP contribution in [0.4, 0.5) is 0 Å². The van der Waals surface area contributed by atoms with Gasteiger partial charge in [0.25, 0.3) is 0 Å². The minimum atomic E-state index is -3.41. The first kappa shape index (κ1) is 15.9. The number of benzene rings is 1. The highest BCUT2D eigenvalue weighted by Crippen LogP contribution is 2.40. The second kappa shape index (κ2) is 4.75. The maximum atomic E-state index is 12.6. The summed E-state index contributed by atoms with van der Waals surface area (Å²) in [6.45, 7) is 4.96. The van der Waals surface area contributed by atoms with Crippen LogP contribution < -0.4 is 5.73 Å². The van der Waals surface area contributed by atoms with Gasteiger partial charge in [0.2, 0.25) is 0 Å². The molecule has 0 amide bonds. The lowest BCUT2D eigenvalue weighted by Crippen LogP contribution is -2.54. The van der Waals surface area contributed by atoms with Crippen molar-refractivity contribution in [3.05, 3.63) is 27.7 Å². The Balaban J connectivity index is 2.19. The van der Waals surface area contributed by atoms with Crippen molar-refractivity contribution in [3.8, 4) is 0 Å². The Hall–Kier alpha value is -0.990. The quantitative estimate of drug-likeness (QED) is 0.795. The molecule has 1 aliphatic heterocycles. The molecule has 118 valence electrons. The molecule has 2 heterocycles. The van der Waals surface area contributed by atoms with Gasteiger partial charge in [0.05, 0.1) is 16.0 Å². The smallest absolute Gasteiger partial charge is 0.165 e. The van der Waals surface area contributed by atoms with Crippen molar-refractivity contribution in [2.24, 2.45) is 10.7 Å². The molecule has 0 radical (unpaired) electrons. The van der Waals surface area contributed by atoms with Crippen LogP contribution in [0.25, 0.3) is 10.2 Å². The predicted molar refractivity (Wildman–Crippen MR) is 94.2 cm³/mol. The van der Waals surface area contributed by atoms with Crippen LogP contribution in [0.15, 0.2) is 27.7 Å². The molecular weight excluding hydrogens is 386 g/mol. The van der Waals surface area contributed by atoms with Crippen LogP contribution in [0.1, 0.15) is 25.8 Å². The Morgan fingerprint density at radius 2 is 2.00 bits per heavy atom. The van der Waals surface area contributed by atoms with Crippen LogP contribution >= 0.6 is 27.3 Å². The molecule has 0 unspecified atom stereocenters. The number of rotatable bonds is 1. The van der Waals surface area contributed by atoms with Crippen molar-refractivity contribution in [3.63, 3.8) is 0 Å². The lowest BCUT2D eigenvalue weighted by atomic mass is 10.1. The average Bonchev–Trinajstić information content (AvgIpc) is 2.79. The number of hydrogen-bond acceptors (Lipinski definition) is 6. The first-order chi connectivity index (χ1) is 10.1. The van der Waals surface area contributed by atoms with Gasteiger partial charge in [0.15, 0.2) is 9.84 Å². The number of thiazole rings is 1. The molecule has 5 nitrogen and oxygen atoms in total. The van der Waals surface area contributed by atoms with Crippen LogP contribution in [0.3, 0.4) is 0 Å². The third-order valence-electron chi connectivity index (χ3n) is 4.04. The van der Waals surface area contributed by atoms with Crippen LogP contribution in [0, 0.1) is 0 Å². The van der Waals surface area contributed by atoms with E-state index in [0.29, 0.717) is 5.01 Å². The topological polar surface area (TPSA) is 85.4 Å². The molecule has 1 aromatic heterocycles. The highest BCUT2D eigenvalue weighted by atomic mass is 79.9. The summed E-state index contributed by atoms with van der Waals surface area (Å²) in [7, 11) is -3.41. The average molecular weight is 402 g/mol. The van der Waals surface area contributed by atoms with Gasteiger partial charge < -0.3 is 5.73 Å². The van der Waals surface area contributed by atoms with Crippen LogP contribution in [0.5, 0.6) is 0 Å². The number of nitrogens with two attached hydrogens (primary N) is 1. The van der Waals surface area contributed by atoms with Crippen molar-refractivity contribution >= 4 is 53.2 Å². The molecule has 3 rings (SSSR count). The SMILES string of the molecule is CC1(C)C(N)=N[C@](C)(c2nc3ccc(Br)cc3s2)CS1(=O)=O. The fourth-order valence-electron chi connectivity index (χ4n) is 2.38. The molecule has 8 heteroatoms. The van der Waals surface area contributed by atoms with Gasteiger partial charge in [0.1, 0.15) is 21.1 Å². The van der Waals surface area contributed by atoms with Gasteiger partial charge in [-0.25, -0.2) is 13.4 Å². The zero-order valence-corrected chi connectivity index (χ0v) is 15.6. The van der Waals surface area contributed by atoms with E-state index in [1.807, 2.05) is 18.2 Å². The van der Waals surface area contributed by atoms with Crippen molar-refractivity contribution in [1.82, 2.24) is 4.98 Å². The summed E-state index contributed by atoms with van der Waals surface area (Å²) >= 11 is 4.88. The van der Waals surface area contributed by atoms with E-state index >= 15 is 0 Å². The number of nitrogens with zero attached hydrogens (tertiary/aromatic N) is 2. The highest BCUT2D eigenvalue weighted by Gasteiger charge is 2.49. The minimum Gasteiger partial charge on any atom is -0.386 e. The Morgan fingerprint density at radius 3 is 2.64 bits per heavy atom. The van der Waals surface area contributed by atoms with Gasteiger partial charge >= 0.3 is 0 Å². The monoisotopic (exact) mass is 401 g/mol. The number of fused-ring (bicyclic) bond motifs is 1. The number of sulfone groups is 1. The Kier molecular flexibility index (Phi) is 3.43. The van der Waals surface area contributed by atoms with Gasteiger partial charge in [0, 0.05) is 4.47 Å². The maximum absolute atomic E-state index is 12.6. The Morgan fingerprint density at radius 1 is 1.32 bits per heavy atom. The molecule has 0 aliphatic carbocycles. The largest absolute Gasteiger partial charge is 0.386 e. The molecule has 2 N–H and O–H groups in total. The zero-order chi connectivity index (χ0) is 16.3. The normalized spacial score (nSPS) is 26.8. The van der Waals surface area contributed by atoms with Crippen molar-refractivity contribution in [2.45, 2.75) is 31.1 Å². The van der Waals surface area contributed by atoms with Crippen molar-refractivity contribution < 1.29 is 8.42 Å². The number of hydrogen-bond donors (Lipinski definition) is 1. The molecule has 1 aromatic carbocycles. The van der Waals surface area contributed by atoms with E-state index in [1.165, 1.54) is 11.3 Å². The summed E-state index contributed by atoms with van der Waals surface area (Å²) in [4.78, 5) is 9.07. The third-order valence-corrected chi connectivity index (χ3v) is 8.51. The predicted octanol–water partition coefficient (Wildman–Crippen LogP) is 2.84. The first-order valence-electron chi connectivity index (χ1n) is 6.70. The van der Waals surface area contributed by atoms with E-state index in [2.05, 4.69) is 25.9 Å². The van der Waals surface area contributed by atoms with Crippen molar-refractivity contribution in [2.75, 3.05) is 5.75 Å². The van der Waals surface area contributed by atoms with Gasteiger partial charge in [-0.1, -0.05) is 15.9 Å². The Bertz CT molecular complexity index is 902. The van der Waals surface area contributed by atoms with E-state index < -0.39 is 20.1 Å². The second-order valence-corrected chi connectivity index (χ2v) is 10.7. The summed E-state index contributed by atoms with van der Waals surface area (Å²) in [5, 5.41) is 0.669. The van der Waals surface area contributed by atoms with E-state index in [4.69, 9.17) is 5.73 Å². The van der Waals surface area contributed by atoms with Crippen LogP contribution in [-0.4, -0.2) is 29.7 Å². The zero-order valence-electron chi connectivity index (χ0n) is 12.4. The summed E-state index contributed by atoms with van der Waals surface area (Å²) in [5.41, 5.74) is 5.86. The van der Waals surface area contributed by atoms with Crippen molar-refractivity contribution in [1.29, 1.82) is 0 Å². The fraction of sp³-hybridized carbons (Fsp3) is 0.429. The van der Waals surface area contributed by atoms with E-state index in [9.17, 15) is 8.42 Å². The van der Waals surface area contributed by atoms with Crippen LogP contribution in [0.2, 0.25) is 0 Å². The van der Waals surface area contributed by atoms with Gasteiger partial charge in [-0.2, -0.15) is 0 Å². The molecule has 0 saturated heterocycles. The highest BCUT2D eigenvalue weighted by molar-refractivity contribution is 9.10. The molecule has 22 heavy (non-hydrogen) atoms. The fourth-order valence-corrected chi connectivity index (χ4v) is 5.75. The molecule has 2 aromatic rings. The summed E-state index contributed by atoms with van der Waals surface area (Å²) < 4.78 is 26.0. The molecule has 0 fully saturated rings. The lowest BCUT2D eigenvalue weighted by molar-refractivity contribution is 0.500. The number of halogens is 1. The summed E-state index contributed by atoms with van der Waals surface area (Å²) in [5.74, 6) is 0.0519. The number of amidine groups is 1. The van der Waals surface area contributed by atoms with Gasteiger partial charge in [-0.3, -0.25) is 4.99 Å². The molecule has 0 bridgehead atoms. The second-order valence-electron chi connectivity index (χ2n) is 6.17. The van der Waals surface area contributed by atoms with Crippen LogP contribution in [-0.2, 0) is 15.4 Å². The summed E-state index contributed by atoms with van der Waals surface area (Å²) in [6, 6.07) is 5.78. The van der Waals surface area contributed by atoms with E-state index in [-0.39, 0.29) is 11.6 Å². The lowest BCUT2D eigenvalue weighted by Gasteiger charge is -2.36. The molecule has 0 spiro atoms.